The van der Waals surface area contributed by atoms with Crippen LogP contribution in [-0.2, 0) is 11.3 Å². The van der Waals surface area contributed by atoms with Crippen LogP contribution in [-0.4, -0.2) is 69.6 Å². The molecular formula is C22H28F4N6O3. The third-order valence-corrected chi connectivity index (χ3v) is 6.36. The van der Waals surface area contributed by atoms with Gasteiger partial charge in [0.25, 0.3) is 0 Å². The summed E-state index contributed by atoms with van der Waals surface area (Å²) in [5.74, 6) is -3.15. The normalized spacial score (nSPS) is 21.4. The van der Waals surface area contributed by atoms with Gasteiger partial charge in [0.1, 0.15) is 13.3 Å². The Labute approximate surface area is 199 Å². The number of nitrogens with one attached hydrogen (secondary N) is 2. The molecule has 9 nitrogen and oxygen atoms in total. The van der Waals surface area contributed by atoms with E-state index in [1.165, 1.54) is 4.52 Å². The van der Waals surface area contributed by atoms with Gasteiger partial charge in [0, 0.05) is 32.0 Å². The zero-order valence-corrected chi connectivity index (χ0v) is 19.2. The Morgan fingerprint density at radius 2 is 2.03 bits per heavy atom. The molecule has 0 radical (unpaired) electrons. The van der Waals surface area contributed by atoms with Gasteiger partial charge in [0.15, 0.2) is 11.8 Å². The van der Waals surface area contributed by atoms with Gasteiger partial charge >= 0.3 is 12.1 Å². The van der Waals surface area contributed by atoms with Crippen LogP contribution in [0, 0.1) is 5.92 Å². The van der Waals surface area contributed by atoms with Gasteiger partial charge < -0.3 is 20.3 Å². The Bertz CT molecular complexity index is 1050. The minimum absolute atomic E-state index is 0.0427. The number of rotatable bonds is 8. The molecule has 3 amide bonds. The second-order valence-corrected chi connectivity index (χ2v) is 9.21. The SMILES string of the molecule is C[C@@H]1CN(Cc2cnn3cc([C@@H](NC(=O)OC(CF)CF)C4CCC(F)(F)CC4)nc3c2)C(=O)N1. The maximum absolute atomic E-state index is 13.7. The Morgan fingerprint density at radius 1 is 1.31 bits per heavy atom. The van der Waals surface area contributed by atoms with Crippen molar-refractivity contribution in [2.45, 2.75) is 63.3 Å². The van der Waals surface area contributed by atoms with Crippen LogP contribution < -0.4 is 10.6 Å². The molecule has 3 heterocycles. The maximum atomic E-state index is 13.7. The lowest BCUT2D eigenvalue weighted by Crippen LogP contribution is -2.39. The Hall–Kier alpha value is -3.12. The van der Waals surface area contributed by atoms with Crippen molar-refractivity contribution in [2.24, 2.45) is 5.92 Å². The van der Waals surface area contributed by atoms with Crippen LogP contribution in [0.1, 0.15) is 49.9 Å². The van der Waals surface area contributed by atoms with Crippen molar-refractivity contribution in [1.29, 1.82) is 0 Å². The molecule has 1 saturated carbocycles. The standard InChI is InChI=1S/C22H28F4N6O3/c1-13-10-31(20(33)28-13)11-14-6-18-29-17(12-32(18)27-9-14)19(15-2-4-22(25,26)5-3-15)30-21(34)35-16(7-23)8-24/h6,9,12-13,15-16,19H,2-5,7-8,10-11H2,1H3,(H,28,33)(H,30,34)/t13-,19+/m1/s1. The largest absolute Gasteiger partial charge is 0.441 e. The molecule has 2 atom stereocenters. The van der Waals surface area contributed by atoms with Gasteiger partial charge in [0.05, 0.1) is 24.1 Å². The number of amides is 3. The van der Waals surface area contributed by atoms with Gasteiger partial charge in [-0.1, -0.05) is 0 Å². The first-order valence-electron chi connectivity index (χ1n) is 11.5. The van der Waals surface area contributed by atoms with E-state index in [-0.39, 0.29) is 43.7 Å². The third-order valence-electron chi connectivity index (χ3n) is 6.36. The lowest BCUT2D eigenvalue weighted by atomic mass is 9.81. The number of hydrogen-bond acceptors (Lipinski definition) is 5. The highest BCUT2D eigenvalue weighted by Gasteiger charge is 2.39. The van der Waals surface area contributed by atoms with E-state index >= 15 is 0 Å². The molecule has 1 aliphatic heterocycles. The number of alkyl carbamates (subject to hydrolysis) is 1. The van der Waals surface area contributed by atoms with E-state index in [9.17, 15) is 27.2 Å². The highest BCUT2D eigenvalue weighted by Crippen LogP contribution is 2.41. The number of hydrogen-bond donors (Lipinski definition) is 2. The second-order valence-electron chi connectivity index (χ2n) is 9.21. The van der Waals surface area contributed by atoms with Crippen molar-refractivity contribution in [1.82, 2.24) is 30.1 Å². The average molecular weight is 500 g/mol. The lowest BCUT2D eigenvalue weighted by molar-refractivity contribution is -0.0499. The van der Waals surface area contributed by atoms with Crippen molar-refractivity contribution >= 4 is 17.8 Å². The van der Waals surface area contributed by atoms with Crippen molar-refractivity contribution < 1.29 is 31.9 Å². The summed E-state index contributed by atoms with van der Waals surface area (Å²) in [6.07, 6.45) is 0.159. The van der Waals surface area contributed by atoms with Crippen molar-refractivity contribution in [3.63, 3.8) is 0 Å². The lowest BCUT2D eigenvalue weighted by Gasteiger charge is -2.33. The maximum Gasteiger partial charge on any atom is 0.408 e. The van der Waals surface area contributed by atoms with Gasteiger partial charge in [-0.05, 0) is 37.3 Å². The molecule has 35 heavy (non-hydrogen) atoms. The van der Waals surface area contributed by atoms with E-state index in [2.05, 4.69) is 20.7 Å². The predicted octanol–water partition coefficient (Wildman–Crippen LogP) is 3.54. The van der Waals surface area contributed by atoms with Crippen molar-refractivity contribution in [2.75, 3.05) is 19.9 Å². The van der Waals surface area contributed by atoms with Crippen LogP contribution in [0.3, 0.4) is 0 Å². The monoisotopic (exact) mass is 500 g/mol. The highest BCUT2D eigenvalue weighted by atomic mass is 19.3. The predicted molar refractivity (Wildman–Crippen MR) is 116 cm³/mol. The highest BCUT2D eigenvalue weighted by molar-refractivity contribution is 5.76. The average Bonchev–Trinajstić information content (AvgIpc) is 3.37. The minimum atomic E-state index is -2.77. The van der Waals surface area contributed by atoms with Crippen LogP contribution in [0.2, 0.25) is 0 Å². The molecule has 1 aliphatic carbocycles. The van der Waals surface area contributed by atoms with E-state index in [1.54, 1.807) is 23.4 Å². The summed E-state index contributed by atoms with van der Waals surface area (Å²) in [6, 6.07) is 0.812. The fourth-order valence-corrected chi connectivity index (χ4v) is 4.53. The number of carbonyl (C=O) groups excluding carboxylic acids is 2. The smallest absolute Gasteiger partial charge is 0.408 e. The van der Waals surface area contributed by atoms with Crippen LogP contribution in [0.5, 0.6) is 0 Å². The first-order valence-corrected chi connectivity index (χ1v) is 11.5. The Balaban J connectivity index is 1.55. The minimum Gasteiger partial charge on any atom is -0.441 e. The summed E-state index contributed by atoms with van der Waals surface area (Å²) in [4.78, 5) is 30.5. The van der Waals surface area contributed by atoms with Crippen LogP contribution in [0.4, 0.5) is 27.2 Å². The number of fused-ring (bicyclic) bond motifs is 1. The fourth-order valence-electron chi connectivity index (χ4n) is 4.53. The van der Waals surface area contributed by atoms with Gasteiger partial charge in [-0.2, -0.15) is 5.10 Å². The number of ether oxygens (including phenoxy) is 1. The first kappa shape index (κ1) is 25.0. The zero-order chi connectivity index (χ0) is 25.2. The van der Waals surface area contributed by atoms with Crippen LogP contribution >= 0.6 is 0 Å². The number of urea groups is 1. The summed E-state index contributed by atoms with van der Waals surface area (Å²) in [6.45, 7) is 0.436. The molecular weight excluding hydrogens is 472 g/mol. The fraction of sp³-hybridized carbons (Fsp3) is 0.636. The summed E-state index contributed by atoms with van der Waals surface area (Å²) < 4.78 is 59.4. The Morgan fingerprint density at radius 3 is 2.66 bits per heavy atom. The molecule has 1 saturated heterocycles. The molecule has 2 N–H and O–H groups in total. The molecule has 0 aromatic carbocycles. The van der Waals surface area contributed by atoms with Gasteiger partial charge in [-0.25, -0.2) is 36.7 Å². The number of nitrogens with zero attached hydrogens (tertiary/aromatic N) is 4. The molecule has 2 aromatic rings. The number of aromatic nitrogens is 3. The molecule has 192 valence electrons. The molecule has 0 unspecified atom stereocenters. The summed E-state index contributed by atoms with van der Waals surface area (Å²) in [7, 11) is 0. The van der Waals surface area contributed by atoms with Crippen LogP contribution in [0.25, 0.3) is 5.65 Å². The molecule has 13 heteroatoms. The molecule has 0 bridgehead atoms. The van der Waals surface area contributed by atoms with Crippen LogP contribution in [0.15, 0.2) is 18.5 Å². The summed E-state index contributed by atoms with van der Waals surface area (Å²) in [5.41, 5.74) is 1.55. The third kappa shape index (κ3) is 5.93. The first-order chi connectivity index (χ1) is 16.7. The summed E-state index contributed by atoms with van der Waals surface area (Å²) >= 11 is 0. The van der Waals surface area contributed by atoms with Crippen molar-refractivity contribution in [3.05, 3.63) is 29.7 Å². The number of imidazole rings is 1. The van der Waals surface area contributed by atoms with E-state index < -0.39 is 37.5 Å². The van der Waals surface area contributed by atoms with E-state index in [1.807, 2.05) is 6.92 Å². The van der Waals surface area contributed by atoms with Gasteiger partial charge in [-0.3, -0.25) is 0 Å². The number of halogens is 4. The van der Waals surface area contributed by atoms with E-state index in [4.69, 9.17) is 4.74 Å². The molecule has 2 fully saturated rings. The van der Waals surface area contributed by atoms with E-state index in [0.29, 0.717) is 24.4 Å². The quantitative estimate of drug-likeness (QED) is 0.540. The molecule has 2 aliphatic rings. The number of alkyl halides is 4. The van der Waals surface area contributed by atoms with Gasteiger partial charge in [0.2, 0.25) is 5.92 Å². The van der Waals surface area contributed by atoms with E-state index in [0.717, 1.165) is 5.56 Å². The molecule has 4 rings (SSSR count). The van der Waals surface area contributed by atoms with Gasteiger partial charge in [-0.15, -0.1) is 0 Å². The van der Waals surface area contributed by atoms with Crippen molar-refractivity contribution in [3.8, 4) is 0 Å². The zero-order valence-electron chi connectivity index (χ0n) is 19.2. The number of carbonyl (C=O) groups is 2. The molecule has 2 aromatic heterocycles. The molecule has 0 spiro atoms. The Kier molecular flexibility index (Phi) is 7.31. The summed E-state index contributed by atoms with van der Waals surface area (Å²) in [5, 5.41) is 9.71. The topological polar surface area (TPSA) is 101 Å². The second kappa shape index (κ2) is 10.2.